The van der Waals surface area contributed by atoms with Crippen LogP contribution in [0.1, 0.15) is 51.6 Å². The van der Waals surface area contributed by atoms with E-state index in [1.54, 1.807) is 10.8 Å². The maximum atomic E-state index is 12.7. The monoisotopic (exact) mass is 393 g/mol. The van der Waals surface area contributed by atoms with E-state index in [0.29, 0.717) is 19.7 Å². The normalized spacial score (nSPS) is 12.9. The summed E-state index contributed by atoms with van der Waals surface area (Å²) in [7, 11) is 0. The number of nitrogens with one attached hydrogen (secondary N) is 1. The summed E-state index contributed by atoms with van der Waals surface area (Å²) in [6.45, 7) is 7.29. The van der Waals surface area contributed by atoms with E-state index in [4.69, 9.17) is 4.74 Å². The van der Waals surface area contributed by atoms with Crippen LogP contribution in [0.25, 0.3) is 0 Å². The predicted molar refractivity (Wildman–Crippen MR) is 107 cm³/mol. The number of imidazole rings is 1. The number of benzene rings is 1. The number of hydrogen-bond donors (Lipinski definition) is 1. The van der Waals surface area contributed by atoms with Gasteiger partial charge in [0.1, 0.15) is 0 Å². The molecule has 0 radical (unpaired) electrons. The molecule has 150 valence electrons. The molecule has 3 aromatic rings. The first kappa shape index (κ1) is 18.9. The van der Waals surface area contributed by atoms with Crippen LogP contribution in [-0.2, 0) is 17.8 Å². The molecule has 8 heteroatoms. The quantitative estimate of drug-likeness (QED) is 0.673. The largest absolute Gasteiger partial charge is 0.461 e. The van der Waals surface area contributed by atoms with Crippen molar-refractivity contribution < 1.29 is 14.3 Å². The molecule has 1 aliphatic heterocycles. The summed E-state index contributed by atoms with van der Waals surface area (Å²) in [5.74, 6) is -0.438. The first-order chi connectivity index (χ1) is 13.9. The van der Waals surface area contributed by atoms with E-state index in [-0.39, 0.29) is 23.3 Å². The van der Waals surface area contributed by atoms with Gasteiger partial charge < -0.3 is 14.6 Å². The Morgan fingerprint density at radius 2 is 2.14 bits per heavy atom. The van der Waals surface area contributed by atoms with Gasteiger partial charge in [-0.2, -0.15) is 5.10 Å². The van der Waals surface area contributed by atoms with Crippen molar-refractivity contribution >= 4 is 17.6 Å². The molecule has 0 unspecified atom stereocenters. The Labute approximate surface area is 168 Å². The number of amides is 1. The van der Waals surface area contributed by atoms with E-state index in [1.165, 1.54) is 0 Å². The minimum absolute atomic E-state index is 0.143. The van der Waals surface area contributed by atoms with Gasteiger partial charge >= 0.3 is 5.97 Å². The number of carbonyl (C=O) groups excluding carboxylic acids is 2. The third-order valence-electron chi connectivity index (χ3n) is 4.61. The zero-order valence-electron chi connectivity index (χ0n) is 16.7. The van der Waals surface area contributed by atoms with Gasteiger partial charge in [-0.3, -0.25) is 9.48 Å². The molecule has 4 rings (SSSR count). The van der Waals surface area contributed by atoms with Gasteiger partial charge in [0.2, 0.25) is 0 Å². The van der Waals surface area contributed by atoms with Crippen LogP contribution < -0.4 is 5.32 Å². The molecule has 0 saturated heterocycles. The van der Waals surface area contributed by atoms with Gasteiger partial charge in [-0.25, -0.2) is 9.78 Å². The number of hydrogen-bond acceptors (Lipinski definition) is 5. The standard InChI is InChI=1S/C21H23N5O3/c1-13(2)12-29-21(28)18-11-25-10-16-5-4-15(9-26-8-14(3)7-22-26)6-17(16)24-20(27)19(25)23-18/h4-8,11,13H,9-10,12H2,1-3H3,(H,24,27). The third-order valence-corrected chi connectivity index (χ3v) is 4.61. The molecular formula is C21H23N5O3. The van der Waals surface area contributed by atoms with E-state index in [9.17, 15) is 9.59 Å². The first-order valence-corrected chi connectivity index (χ1v) is 9.55. The van der Waals surface area contributed by atoms with Crippen molar-refractivity contribution in [3.8, 4) is 0 Å². The number of fused-ring (bicyclic) bond motifs is 2. The van der Waals surface area contributed by atoms with Crippen LogP contribution in [-0.4, -0.2) is 37.8 Å². The summed E-state index contributed by atoms with van der Waals surface area (Å²) in [4.78, 5) is 29.1. The van der Waals surface area contributed by atoms with Crippen LogP contribution in [0, 0.1) is 12.8 Å². The Bertz CT molecular complexity index is 1080. The molecule has 29 heavy (non-hydrogen) atoms. The number of esters is 1. The van der Waals surface area contributed by atoms with E-state index in [2.05, 4.69) is 15.4 Å². The second kappa shape index (κ2) is 7.54. The molecule has 1 aromatic carbocycles. The van der Waals surface area contributed by atoms with E-state index >= 15 is 0 Å². The molecule has 8 nitrogen and oxygen atoms in total. The fourth-order valence-corrected chi connectivity index (χ4v) is 3.21. The Morgan fingerprint density at radius 1 is 1.31 bits per heavy atom. The maximum absolute atomic E-state index is 12.7. The van der Waals surface area contributed by atoms with Gasteiger partial charge in [0, 0.05) is 18.1 Å². The molecule has 1 N–H and O–H groups in total. The summed E-state index contributed by atoms with van der Waals surface area (Å²) in [5.41, 5.74) is 3.96. The Kier molecular flexibility index (Phi) is 4.92. The molecule has 2 aromatic heterocycles. The summed E-state index contributed by atoms with van der Waals surface area (Å²) < 4.78 is 8.76. The van der Waals surface area contributed by atoms with Crippen molar-refractivity contribution in [3.05, 3.63) is 65.0 Å². The summed E-state index contributed by atoms with van der Waals surface area (Å²) in [5, 5.41) is 7.21. The van der Waals surface area contributed by atoms with Gasteiger partial charge in [0.25, 0.3) is 5.91 Å². The molecular weight excluding hydrogens is 370 g/mol. The second-order valence-electron chi connectivity index (χ2n) is 7.73. The highest BCUT2D eigenvalue weighted by atomic mass is 16.5. The van der Waals surface area contributed by atoms with Crippen molar-refractivity contribution in [2.45, 2.75) is 33.9 Å². The van der Waals surface area contributed by atoms with Crippen molar-refractivity contribution in [1.82, 2.24) is 19.3 Å². The number of aromatic nitrogens is 4. The number of anilines is 1. The Balaban J connectivity index is 1.56. The third kappa shape index (κ3) is 4.06. The van der Waals surface area contributed by atoms with Crippen LogP contribution in [0.4, 0.5) is 5.69 Å². The number of ether oxygens (including phenoxy) is 1. The van der Waals surface area contributed by atoms with Crippen molar-refractivity contribution in [1.29, 1.82) is 0 Å². The molecule has 0 aliphatic carbocycles. The summed E-state index contributed by atoms with van der Waals surface area (Å²) in [6, 6.07) is 5.95. The van der Waals surface area contributed by atoms with Crippen LogP contribution in [0.3, 0.4) is 0 Å². The van der Waals surface area contributed by atoms with Gasteiger partial charge in [0.15, 0.2) is 11.5 Å². The summed E-state index contributed by atoms with van der Waals surface area (Å²) >= 11 is 0. The highest BCUT2D eigenvalue weighted by Crippen LogP contribution is 2.24. The van der Waals surface area contributed by atoms with E-state index in [1.807, 2.05) is 56.0 Å². The Morgan fingerprint density at radius 3 is 2.86 bits per heavy atom. The average molecular weight is 393 g/mol. The zero-order valence-corrected chi connectivity index (χ0v) is 16.7. The number of rotatable bonds is 5. The van der Waals surface area contributed by atoms with Gasteiger partial charge in [-0.05, 0) is 35.6 Å². The average Bonchev–Trinajstić information content (AvgIpc) is 3.25. The highest BCUT2D eigenvalue weighted by Gasteiger charge is 2.25. The van der Waals surface area contributed by atoms with E-state index in [0.717, 1.165) is 22.4 Å². The van der Waals surface area contributed by atoms with Crippen LogP contribution in [0.5, 0.6) is 0 Å². The Hall–Kier alpha value is -3.42. The summed E-state index contributed by atoms with van der Waals surface area (Å²) in [6.07, 6.45) is 5.36. The van der Waals surface area contributed by atoms with Crippen LogP contribution >= 0.6 is 0 Å². The molecule has 0 atom stereocenters. The molecule has 1 amide bonds. The number of carbonyl (C=O) groups is 2. The first-order valence-electron chi connectivity index (χ1n) is 9.55. The molecule has 0 saturated carbocycles. The highest BCUT2D eigenvalue weighted by molar-refractivity contribution is 6.04. The lowest BCUT2D eigenvalue weighted by Gasteiger charge is -2.10. The van der Waals surface area contributed by atoms with Crippen molar-refractivity contribution in [2.24, 2.45) is 5.92 Å². The van der Waals surface area contributed by atoms with E-state index < -0.39 is 5.97 Å². The minimum Gasteiger partial charge on any atom is -0.461 e. The lowest BCUT2D eigenvalue weighted by Crippen LogP contribution is -2.15. The van der Waals surface area contributed by atoms with Gasteiger partial charge in [-0.1, -0.05) is 26.0 Å². The maximum Gasteiger partial charge on any atom is 0.358 e. The molecule has 0 fully saturated rings. The smallest absolute Gasteiger partial charge is 0.358 e. The van der Waals surface area contributed by atoms with Gasteiger partial charge in [0.05, 0.1) is 25.9 Å². The molecule has 3 heterocycles. The molecule has 0 spiro atoms. The molecule has 0 bridgehead atoms. The van der Waals surface area contributed by atoms with Gasteiger partial charge in [-0.15, -0.1) is 0 Å². The fourth-order valence-electron chi connectivity index (χ4n) is 3.21. The molecule has 1 aliphatic rings. The minimum atomic E-state index is -0.517. The second-order valence-corrected chi connectivity index (χ2v) is 7.73. The number of aryl methyl sites for hydroxylation is 1. The SMILES string of the molecule is Cc1cnn(Cc2ccc3c(c2)NC(=O)c2nc(C(=O)OCC(C)C)cn2C3)c1. The number of nitrogens with zero attached hydrogens (tertiary/aromatic N) is 4. The van der Waals surface area contributed by atoms with Crippen LogP contribution in [0.2, 0.25) is 0 Å². The fraction of sp³-hybridized carbons (Fsp3) is 0.333. The van der Waals surface area contributed by atoms with Crippen molar-refractivity contribution in [2.75, 3.05) is 11.9 Å². The lowest BCUT2D eigenvalue weighted by molar-refractivity contribution is 0.0452. The zero-order chi connectivity index (χ0) is 20.5. The van der Waals surface area contributed by atoms with Crippen LogP contribution in [0.15, 0.2) is 36.8 Å². The lowest BCUT2D eigenvalue weighted by atomic mass is 10.1. The van der Waals surface area contributed by atoms with Crippen molar-refractivity contribution in [3.63, 3.8) is 0 Å². The topological polar surface area (TPSA) is 91.0 Å². The predicted octanol–water partition coefficient (Wildman–Crippen LogP) is 2.86.